The number of anilines is 2. The zero-order chi connectivity index (χ0) is 21.0. The first-order valence-electron chi connectivity index (χ1n) is 8.67. The van der Waals surface area contributed by atoms with E-state index in [-0.39, 0.29) is 22.4 Å². The highest BCUT2D eigenvalue weighted by molar-refractivity contribution is 6.16. The number of cyclic esters (lactones) is 2. The second-order valence-electron chi connectivity index (χ2n) is 6.37. The van der Waals surface area contributed by atoms with E-state index >= 15 is 0 Å². The second-order valence-corrected chi connectivity index (χ2v) is 6.37. The molecule has 4 rings (SSSR count). The topological polar surface area (TPSA) is 133 Å². The van der Waals surface area contributed by atoms with E-state index in [0.717, 1.165) is 24.2 Å². The van der Waals surface area contributed by atoms with Gasteiger partial charge >= 0.3 is 17.9 Å². The third kappa shape index (κ3) is 4.59. The van der Waals surface area contributed by atoms with Crippen LogP contribution in [-0.2, 0) is 11.2 Å². The zero-order valence-corrected chi connectivity index (χ0v) is 15.3. The first-order valence-corrected chi connectivity index (χ1v) is 8.67. The molecule has 29 heavy (non-hydrogen) atoms. The summed E-state index contributed by atoms with van der Waals surface area (Å²) < 4.78 is 4.30. The summed E-state index contributed by atoms with van der Waals surface area (Å²) in [7, 11) is 0. The van der Waals surface area contributed by atoms with E-state index in [9.17, 15) is 14.4 Å². The quantitative estimate of drug-likeness (QED) is 0.355. The van der Waals surface area contributed by atoms with Crippen LogP contribution in [0.15, 0.2) is 66.7 Å². The molecular formula is C22H18N2O5. The molecule has 0 unspecified atom stereocenters. The van der Waals surface area contributed by atoms with Crippen molar-refractivity contribution in [2.45, 2.75) is 6.42 Å². The van der Waals surface area contributed by atoms with Crippen LogP contribution in [0.4, 0.5) is 11.4 Å². The lowest BCUT2D eigenvalue weighted by atomic mass is 10.0. The number of carbonyl (C=O) groups is 3. The summed E-state index contributed by atoms with van der Waals surface area (Å²) >= 11 is 0. The van der Waals surface area contributed by atoms with Gasteiger partial charge in [-0.3, -0.25) is 0 Å². The lowest BCUT2D eigenvalue weighted by molar-refractivity contribution is 0.0443. The number of carboxylic acids is 1. The van der Waals surface area contributed by atoms with Crippen LogP contribution in [0.3, 0.4) is 0 Å². The maximum atomic E-state index is 11.1. The van der Waals surface area contributed by atoms with Crippen molar-refractivity contribution in [1.29, 1.82) is 0 Å². The normalized spacial score (nSPS) is 11.9. The van der Waals surface area contributed by atoms with Gasteiger partial charge in [-0.15, -0.1) is 0 Å². The Kier molecular flexibility index (Phi) is 5.59. The third-order valence-electron chi connectivity index (χ3n) is 4.28. The van der Waals surface area contributed by atoms with E-state index in [1.807, 2.05) is 18.2 Å². The largest absolute Gasteiger partial charge is 0.478 e. The fraction of sp³-hybridized carbons (Fsp3) is 0.0455. The molecule has 0 bridgehead atoms. The monoisotopic (exact) mass is 390 g/mol. The molecule has 0 aromatic heterocycles. The van der Waals surface area contributed by atoms with Crippen LogP contribution in [0, 0.1) is 0 Å². The van der Waals surface area contributed by atoms with Gasteiger partial charge in [-0.25, -0.2) is 14.4 Å². The molecule has 3 aromatic rings. The molecule has 1 heterocycles. The average molecular weight is 390 g/mol. The molecule has 3 aromatic carbocycles. The number of aromatic carboxylic acids is 1. The van der Waals surface area contributed by atoms with Crippen LogP contribution in [0.25, 0.3) is 0 Å². The molecule has 0 saturated heterocycles. The van der Waals surface area contributed by atoms with Gasteiger partial charge in [-0.05, 0) is 41.8 Å². The minimum absolute atomic E-state index is 0.00231. The predicted molar refractivity (Wildman–Crippen MR) is 108 cm³/mol. The lowest BCUT2D eigenvalue weighted by Crippen LogP contribution is -2.05. The van der Waals surface area contributed by atoms with Gasteiger partial charge in [0, 0.05) is 11.4 Å². The second kappa shape index (κ2) is 8.26. The molecule has 0 amide bonds. The fourth-order valence-electron chi connectivity index (χ4n) is 2.80. The standard InChI is InChI=1S/C13H13N.C9H5NO5/c14-13-8-6-12(7-9-13)10-11-4-2-1-3-5-11;10-6-2-4-3(1-5(6)7(11)12)8(13)15-9(4)14/h1-9H,10,14H2;1-2H,10H2,(H,11,12). The van der Waals surface area contributed by atoms with E-state index in [2.05, 4.69) is 41.1 Å². The molecule has 1 aliphatic rings. The summed E-state index contributed by atoms with van der Waals surface area (Å²) in [4.78, 5) is 32.8. The van der Waals surface area contributed by atoms with Crippen LogP contribution >= 0.6 is 0 Å². The SMILES string of the molecule is Nc1cc2c(cc1C(=O)O)C(=O)OC2=O.Nc1ccc(Cc2ccccc2)cc1. The summed E-state index contributed by atoms with van der Waals surface area (Å²) in [5.74, 6) is -2.92. The average Bonchev–Trinajstić information content (AvgIpc) is 2.97. The number of ether oxygens (including phenoxy) is 1. The van der Waals surface area contributed by atoms with Gasteiger partial charge in [0.2, 0.25) is 0 Å². The van der Waals surface area contributed by atoms with Gasteiger partial charge in [0.05, 0.1) is 16.7 Å². The molecule has 0 radical (unpaired) electrons. The van der Waals surface area contributed by atoms with Gasteiger partial charge < -0.3 is 21.3 Å². The Labute approximate surface area is 166 Å². The summed E-state index contributed by atoms with van der Waals surface area (Å²) in [6.07, 6.45) is 0.973. The number of hydrogen-bond donors (Lipinski definition) is 3. The maximum absolute atomic E-state index is 11.1. The van der Waals surface area contributed by atoms with E-state index < -0.39 is 17.9 Å². The molecule has 7 heteroatoms. The molecule has 0 fully saturated rings. The maximum Gasteiger partial charge on any atom is 0.346 e. The Bertz CT molecular complexity index is 1080. The van der Waals surface area contributed by atoms with Crippen LogP contribution in [0.5, 0.6) is 0 Å². The number of esters is 2. The fourth-order valence-corrected chi connectivity index (χ4v) is 2.80. The van der Waals surface area contributed by atoms with Crippen LogP contribution in [0.1, 0.15) is 42.2 Å². The summed E-state index contributed by atoms with van der Waals surface area (Å²) in [6.45, 7) is 0. The smallest absolute Gasteiger partial charge is 0.346 e. The molecule has 1 aliphatic heterocycles. The molecule has 7 nitrogen and oxygen atoms in total. The van der Waals surface area contributed by atoms with Crippen LogP contribution in [0.2, 0.25) is 0 Å². The highest BCUT2D eigenvalue weighted by Gasteiger charge is 2.31. The van der Waals surface area contributed by atoms with E-state index in [0.29, 0.717) is 0 Å². The first-order chi connectivity index (χ1) is 13.8. The van der Waals surface area contributed by atoms with Crippen molar-refractivity contribution in [3.8, 4) is 0 Å². The van der Waals surface area contributed by atoms with Gasteiger partial charge in [0.25, 0.3) is 0 Å². The van der Waals surface area contributed by atoms with Gasteiger partial charge in [0.15, 0.2) is 0 Å². The summed E-state index contributed by atoms with van der Waals surface area (Å²) in [5.41, 5.74) is 14.1. The van der Waals surface area contributed by atoms with Crippen molar-refractivity contribution in [3.63, 3.8) is 0 Å². The van der Waals surface area contributed by atoms with Gasteiger partial charge in [-0.2, -0.15) is 0 Å². The predicted octanol–water partition coefficient (Wildman–Crippen LogP) is 3.14. The number of carbonyl (C=O) groups excluding carboxylic acids is 2. The zero-order valence-electron chi connectivity index (χ0n) is 15.3. The highest BCUT2D eigenvalue weighted by Crippen LogP contribution is 2.25. The minimum atomic E-state index is -1.26. The molecule has 0 aliphatic carbocycles. The molecular weight excluding hydrogens is 372 g/mol. The van der Waals surface area contributed by atoms with Crippen molar-refractivity contribution in [2.24, 2.45) is 0 Å². The van der Waals surface area contributed by atoms with E-state index in [4.69, 9.17) is 16.6 Å². The van der Waals surface area contributed by atoms with Crippen molar-refractivity contribution < 1.29 is 24.2 Å². The number of hydrogen-bond acceptors (Lipinski definition) is 6. The van der Waals surface area contributed by atoms with E-state index in [1.54, 1.807) is 0 Å². The molecule has 0 saturated carbocycles. The first kappa shape index (κ1) is 19.6. The summed E-state index contributed by atoms with van der Waals surface area (Å²) in [5, 5.41) is 8.73. The molecule has 5 N–H and O–H groups in total. The van der Waals surface area contributed by atoms with Crippen LogP contribution in [-0.4, -0.2) is 23.0 Å². The number of carboxylic acid groups (broad SMARTS) is 1. The van der Waals surface area contributed by atoms with Crippen LogP contribution < -0.4 is 11.5 Å². The minimum Gasteiger partial charge on any atom is -0.478 e. The number of fused-ring (bicyclic) bond motifs is 1. The van der Waals surface area contributed by atoms with Crippen molar-refractivity contribution >= 4 is 29.3 Å². The van der Waals surface area contributed by atoms with E-state index in [1.165, 1.54) is 11.1 Å². The number of benzene rings is 3. The Morgan fingerprint density at radius 1 is 0.828 bits per heavy atom. The van der Waals surface area contributed by atoms with Gasteiger partial charge in [-0.1, -0.05) is 42.5 Å². The Hall–Kier alpha value is -4.13. The number of rotatable bonds is 3. The molecule has 146 valence electrons. The lowest BCUT2D eigenvalue weighted by Gasteiger charge is -2.01. The third-order valence-corrected chi connectivity index (χ3v) is 4.28. The van der Waals surface area contributed by atoms with Crippen molar-refractivity contribution in [3.05, 3.63) is 94.5 Å². The Balaban J connectivity index is 0.000000166. The molecule has 0 spiro atoms. The Morgan fingerprint density at radius 2 is 1.38 bits per heavy atom. The number of nitrogen functional groups attached to an aromatic ring is 2. The molecule has 0 atom stereocenters. The van der Waals surface area contributed by atoms with Crippen molar-refractivity contribution in [2.75, 3.05) is 11.5 Å². The van der Waals surface area contributed by atoms with Crippen molar-refractivity contribution in [1.82, 2.24) is 0 Å². The van der Waals surface area contributed by atoms with Gasteiger partial charge in [0.1, 0.15) is 0 Å². The highest BCUT2D eigenvalue weighted by atomic mass is 16.6. The summed E-state index contributed by atoms with van der Waals surface area (Å²) in [6, 6.07) is 20.6. The Morgan fingerprint density at radius 3 is 1.97 bits per heavy atom. The number of nitrogens with two attached hydrogens (primary N) is 2.